The van der Waals surface area contributed by atoms with Gasteiger partial charge in [0, 0.05) is 39.3 Å². The molecular weight excluding hydrogens is 270 g/mol. The Hall–Kier alpha value is -1.82. The lowest BCUT2D eigenvalue weighted by molar-refractivity contribution is 0.0114. The molecule has 2 aliphatic rings. The fourth-order valence-electron chi connectivity index (χ4n) is 3.04. The van der Waals surface area contributed by atoms with Crippen LogP contribution in [0.5, 0.6) is 5.88 Å². The molecule has 2 atom stereocenters. The van der Waals surface area contributed by atoms with E-state index in [9.17, 15) is 4.79 Å². The van der Waals surface area contributed by atoms with Crippen LogP contribution >= 0.6 is 0 Å². The Morgan fingerprint density at radius 3 is 3.10 bits per heavy atom. The van der Waals surface area contributed by atoms with Crippen LogP contribution in [0.25, 0.3) is 0 Å². The number of ether oxygens (including phenoxy) is 2. The highest BCUT2D eigenvalue weighted by Crippen LogP contribution is 2.36. The fraction of sp³-hybridized carbons (Fsp3) is 0.600. The van der Waals surface area contributed by atoms with Gasteiger partial charge in [-0.15, -0.1) is 0 Å². The van der Waals surface area contributed by atoms with Crippen LogP contribution in [0.1, 0.15) is 12.8 Å². The van der Waals surface area contributed by atoms with Crippen molar-refractivity contribution in [3.8, 4) is 5.88 Å². The summed E-state index contributed by atoms with van der Waals surface area (Å²) in [6, 6.07) is 5.66. The lowest BCUT2D eigenvalue weighted by Crippen LogP contribution is -2.41. The van der Waals surface area contributed by atoms with Crippen molar-refractivity contribution in [1.29, 1.82) is 0 Å². The van der Waals surface area contributed by atoms with Gasteiger partial charge in [-0.25, -0.2) is 9.78 Å². The summed E-state index contributed by atoms with van der Waals surface area (Å²) in [5, 5.41) is 0. The fourth-order valence-corrected chi connectivity index (χ4v) is 3.04. The van der Waals surface area contributed by atoms with Gasteiger partial charge in [0.25, 0.3) is 0 Å². The van der Waals surface area contributed by atoms with Gasteiger partial charge >= 0.3 is 6.03 Å². The van der Waals surface area contributed by atoms with E-state index in [2.05, 4.69) is 4.98 Å². The minimum absolute atomic E-state index is 0.00862. The molecule has 0 radical (unpaired) electrons. The lowest BCUT2D eigenvalue weighted by atomic mass is 9.98. The summed E-state index contributed by atoms with van der Waals surface area (Å²) < 4.78 is 11.8. The highest BCUT2D eigenvalue weighted by molar-refractivity contribution is 5.74. The van der Waals surface area contributed by atoms with Gasteiger partial charge in [-0.2, -0.15) is 0 Å². The summed E-state index contributed by atoms with van der Waals surface area (Å²) >= 11 is 0. The number of nitrogens with zero attached hydrogens (tertiary/aromatic N) is 3. The molecule has 1 spiro atoms. The molecule has 0 unspecified atom stereocenters. The molecule has 2 amide bonds. The van der Waals surface area contributed by atoms with Gasteiger partial charge in [0.2, 0.25) is 5.88 Å². The Labute approximate surface area is 124 Å². The predicted octanol–water partition coefficient (Wildman–Crippen LogP) is 1.38. The average Bonchev–Trinajstić information content (AvgIpc) is 3.07. The number of urea groups is 1. The monoisotopic (exact) mass is 291 g/mol. The molecule has 3 rings (SSSR count). The van der Waals surface area contributed by atoms with Crippen molar-refractivity contribution in [2.45, 2.75) is 24.5 Å². The van der Waals surface area contributed by atoms with Crippen LogP contribution in [0, 0.1) is 0 Å². The Morgan fingerprint density at radius 1 is 1.52 bits per heavy atom. The number of hydrogen-bond donors (Lipinski definition) is 0. The summed E-state index contributed by atoms with van der Waals surface area (Å²) in [6.45, 7) is 1.94. The third kappa shape index (κ3) is 2.95. The molecule has 1 aromatic heterocycles. The minimum atomic E-state index is -0.245. The highest BCUT2D eigenvalue weighted by atomic mass is 16.6. The van der Waals surface area contributed by atoms with Crippen LogP contribution in [0.3, 0.4) is 0 Å². The molecule has 6 heteroatoms. The number of likely N-dealkylation sites (tertiary alicyclic amines) is 1. The number of hydrogen-bond acceptors (Lipinski definition) is 4. The van der Waals surface area contributed by atoms with Crippen LogP contribution in [0.4, 0.5) is 4.79 Å². The third-order valence-corrected chi connectivity index (χ3v) is 4.07. The smallest absolute Gasteiger partial charge is 0.319 e. The van der Waals surface area contributed by atoms with Gasteiger partial charge in [-0.1, -0.05) is 6.07 Å². The van der Waals surface area contributed by atoms with E-state index in [0.29, 0.717) is 19.0 Å². The van der Waals surface area contributed by atoms with Crippen molar-refractivity contribution < 1.29 is 14.3 Å². The SMILES string of the molecule is CN(C)C(=O)N1CC[C@@]2(C[C@@H](Oc3ccccn3)CO2)C1. The third-order valence-electron chi connectivity index (χ3n) is 4.07. The Balaban J connectivity index is 1.58. The van der Waals surface area contributed by atoms with Crippen LogP contribution < -0.4 is 4.74 Å². The van der Waals surface area contributed by atoms with E-state index in [4.69, 9.17) is 9.47 Å². The summed E-state index contributed by atoms with van der Waals surface area (Å²) in [5.41, 5.74) is -0.245. The second kappa shape index (κ2) is 5.52. The molecule has 114 valence electrons. The maximum Gasteiger partial charge on any atom is 0.319 e. The van der Waals surface area contributed by atoms with Crippen molar-refractivity contribution in [2.75, 3.05) is 33.8 Å². The molecule has 2 aliphatic heterocycles. The quantitative estimate of drug-likeness (QED) is 0.826. The van der Waals surface area contributed by atoms with Crippen molar-refractivity contribution in [3.63, 3.8) is 0 Å². The molecule has 2 fully saturated rings. The number of pyridine rings is 1. The normalized spacial score (nSPS) is 28.1. The lowest BCUT2D eigenvalue weighted by Gasteiger charge is -2.25. The van der Waals surface area contributed by atoms with E-state index in [0.717, 1.165) is 19.4 Å². The maximum absolute atomic E-state index is 12.0. The minimum Gasteiger partial charge on any atom is -0.472 e. The van der Waals surface area contributed by atoms with E-state index in [1.54, 1.807) is 25.2 Å². The second-order valence-electron chi connectivity index (χ2n) is 5.95. The van der Waals surface area contributed by atoms with Crippen molar-refractivity contribution >= 4 is 6.03 Å². The van der Waals surface area contributed by atoms with E-state index in [1.165, 1.54) is 0 Å². The molecule has 0 bridgehead atoms. The second-order valence-corrected chi connectivity index (χ2v) is 5.95. The predicted molar refractivity (Wildman–Crippen MR) is 77.2 cm³/mol. The number of carbonyl (C=O) groups excluding carboxylic acids is 1. The number of aromatic nitrogens is 1. The Morgan fingerprint density at radius 2 is 2.38 bits per heavy atom. The van der Waals surface area contributed by atoms with Gasteiger partial charge in [0.05, 0.1) is 18.8 Å². The van der Waals surface area contributed by atoms with Crippen LogP contribution in [0.2, 0.25) is 0 Å². The zero-order valence-electron chi connectivity index (χ0n) is 12.5. The number of carbonyl (C=O) groups is 1. The van der Waals surface area contributed by atoms with Crippen molar-refractivity contribution in [2.24, 2.45) is 0 Å². The van der Waals surface area contributed by atoms with Gasteiger partial charge in [-0.05, 0) is 12.5 Å². The summed E-state index contributed by atoms with van der Waals surface area (Å²) in [7, 11) is 3.55. The summed E-state index contributed by atoms with van der Waals surface area (Å²) in [6.07, 6.45) is 3.40. The molecule has 6 nitrogen and oxygen atoms in total. The molecular formula is C15H21N3O3. The standard InChI is InChI=1S/C15H21N3O3/c1-17(2)14(19)18-8-6-15(11-18)9-12(10-20-15)21-13-5-3-4-7-16-13/h3-5,7,12H,6,8-11H2,1-2H3/t12-,15-/m1/s1. The molecule has 0 aromatic carbocycles. The first kappa shape index (κ1) is 14.1. The largest absolute Gasteiger partial charge is 0.472 e. The number of amides is 2. The van der Waals surface area contributed by atoms with E-state index in [-0.39, 0.29) is 17.7 Å². The first-order chi connectivity index (χ1) is 10.1. The Kier molecular flexibility index (Phi) is 3.71. The van der Waals surface area contributed by atoms with Crippen LogP contribution in [0.15, 0.2) is 24.4 Å². The zero-order valence-corrected chi connectivity index (χ0v) is 12.5. The van der Waals surface area contributed by atoms with Crippen LogP contribution in [-0.4, -0.2) is 66.3 Å². The highest BCUT2D eigenvalue weighted by Gasteiger charge is 2.47. The average molecular weight is 291 g/mol. The topological polar surface area (TPSA) is 54.9 Å². The Bertz CT molecular complexity index is 508. The zero-order chi connectivity index (χ0) is 14.9. The van der Waals surface area contributed by atoms with Crippen LogP contribution in [-0.2, 0) is 4.74 Å². The first-order valence-corrected chi connectivity index (χ1v) is 7.26. The molecule has 1 aromatic rings. The van der Waals surface area contributed by atoms with Gasteiger partial charge in [-0.3, -0.25) is 0 Å². The van der Waals surface area contributed by atoms with Gasteiger partial charge in [0.1, 0.15) is 6.10 Å². The number of rotatable bonds is 2. The molecule has 3 heterocycles. The summed E-state index contributed by atoms with van der Waals surface area (Å²) in [4.78, 5) is 19.6. The molecule has 0 aliphatic carbocycles. The van der Waals surface area contributed by atoms with Crippen molar-refractivity contribution in [3.05, 3.63) is 24.4 Å². The van der Waals surface area contributed by atoms with Crippen molar-refractivity contribution in [1.82, 2.24) is 14.8 Å². The molecule has 2 saturated heterocycles. The van der Waals surface area contributed by atoms with E-state index >= 15 is 0 Å². The molecule has 0 saturated carbocycles. The maximum atomic E-state index is 12.0. The molecule has 0 N–H and O–H groups in total. The summed E-state index contributed by atoms with van der Waals surface area (Å²) in [5.74, 6) is 0.627. The van der Waals surface area contributed by atoms with Gasteiger partial charge < -0.3 is 19.3 Å². The van der Waals surface area contributed by atoms with E-state index in [1.807, 2.05) is 23.1 Å². The molecule has 21 heavy (non-hydrogen) atoms. The first-order valence-electron chi connectivity index (χ1n) is 7.26. The van der Waals surface area contributed by atoms with Gasteiger partial charge in [0.15, 0.2) is 0 Å². The van der Waals surface area contributed by atoms with E-state index < -0.39 is 0 Å².